The van der Waals surface area contributed by atoms with Gasteiger partial charge in [-0.05, 0) is 49.9 Å². The van der Waals surface area contributed by atoms with Crippen molar-refractivity contribution in [3.63, 3.8) is 0 Å². The summed E-state index contributed by atoms with van der Waals surface area (Å²) in [5.74, 6) is -3.45. The van der Waals surface area contributed by atoms with E-state index >= 15 is 0 Å². The van der Waals surface area contributed by atoms with Gasteiger partial charge < -0.3 is 9.80 Å². The average Bonchev–Trinajstić information content (AvgIpc) is 3.29. The molecule has 220 valence electrons. The molecule has 1 aromatic heterocycles. The van der Waals surface area contributed by atoms with Crippen LogP contribution in [0, 0.1) is 12.7 Å². The third kappa shape index (κ3) is 5.60. The first-order valence-corrected chi connectivity index (χ1v) is 13.4. The molecule has 2 amide bonds. The predicted octanol–water partition coefficient (Wildman–Crippen LogP) is 7.18. The molecule has 12 heteroatoms. The summed E-state index contributed by atoms with van der Waals surface area (Å²) in [5.41, 5.74) is 0.837. The van der Waals surface area contributed by atoms with Crippen LogP contribution in [0.1, 0.15) is 55.1 Å². The number of piperidine rings is 1. The number of carbonyl (C=O) groups excluding carboxylic acids is 1. The third-order valence-corrected chi connectivity index (χ3v) is 7.86. The number of carbonyl (C=O) groups is 1. The van der Waals surface area contributed by atoms with E-state index in [4.69, 9.17) is 0 Å². The monoisotopic (exact) mass is 579 g/mol. The zero-order valence-corrected chi connectivity index (χ0v) is 22.9. The summed E-state index contributed by atoms with van der Waals surface area (Å²) in [5, 5.41) is 4.13. The van der Waals surface area contributed by atoms with Gasteiger partial charge in [-0.2, -0.15) is 18.3 Å². The van der Waals surface area contributed by atoms with Gasteiger partial charge in [-0.15, -0.1) is 0 Å². The second-order valence-corrected chi connectivity index (χ2v) is 10.9. The van der Waals surface area contributed by atoms with Gasteiger partial charge in [0.25, 0.3) is 5.92 Å². The molecule has 3 aromatic rings. The minimum atomic E-state index is -4.64. The second-order valence-electron chi connectivity index (χ2n) is 10.9. The summed E-state index contributed by atoms with van der Waals surface area (Å²) in [6, 6.07) is 8.31. The zero-order valence-electron chi connectivity index (χ0n) is 22.9. The standard InChI is InChI=1S/C29H31F6N5O/c1-18-7-6-10-23(30)25(18)37-13-11-21(12-14-37)40-19(2)26-24(15-36-39(26)17-28(3,31)32)38(27(40)41)16-20-8-4-5-9-22(20)29(33,34)35/h4-10,15,19,21H,11-14,16-17H2,1-3H3/t19-/m0/s1. The average molecular weight is 580 g/mol. The molecular formula is C29H31F6N5O. The number of anilines is 2. The summed E-state index contributed by atoms with van der Waals surface area (Å²) in [4.78, 5) is 18.7. The van der Waals surface area contributed by atoms with Crippen molar-refractivity contribution < 1.29 is 31.1 Å². The van der Waals surface area contributed by atoms with Gasteiger partial charge in [0.15, 0.2) is 0 Å². The fourth-order valence-corrected chi connectivity index (χ4v) is 6.07. The Labute approximate surface area is 234 Å². The Balaban J connectivity index is 1.49. The summed E-state index contributed by atoms with van der Waals surface area (Å²) < 4.78 is 85.4. The Hall–Kier alpha value is -3.70. The number of amides is 2. The first-order valence-electron chi connectivity index (χ1n) is 13.4. The second kappa shape index (κ2) is 10.6. The fourth-order valence-electron chi connectivity index (χ4n) is 6.07. The molecule has 5 rings (SSSR count). The molecule has 0 spiro atoms. The van der Waals surface area contributed by atoms with E-state index in [1.807, 2.05) is 17.9 Å². The van der Waals surface area contributed by atoms with Crippen molar-refractivity contribution in [2.24, 2.45) is 0 Å². The molecule has 3 heterocycles. The molecule has 0 unspecified atom stereocenters. The Morgan fingerprint density at radius 2 is 1.68 bits per heavy atom. The molecule has 0 saturated carbocycles. The topological polar surface area (TPSA) is 44.6 Å². The minimum Gasteiger partial charge on any atom is -0.369 e. The number of para-hydroxylation sites is 1. The summed E-state index contributed by atoms with van der Waals surface area (Å²) in [6.45, 7) is 4.03. The van der Waals surface area contributed by atoms with E-state index in [1.54, 1.807) is 17.9 Å². The fraction of sp³-hybridized carbons (Fsp3) is 0.448. The number of nitrogens with zero attached hydrogens (tertiary/aromatic N) is 5. The lowest BCUT2D eigenvalue weighted by Gasteiger charge is -2.47. The lowest BCUT2D eigenvalue weighted by atomic mass is 9.97. The van der Waals surface area contributed by atoms with Crippen LogP contribution in [-0.4, -0.2) is 45.8 Å². The van der Waals surface area contributed by atoms with Crippen LogP contribution in [0.15, 0.2) is 48.7 Å². The normalized spacial score (nSPS) is 18.7. The van der Waals surface area contributed by atoms with Gasteiger partial charge in [-0.25, -0.2) is 18.0 Å². The molecule has 1 fully saturated rings. The van der Waals surface area contributed by atoms with Gasteiger partial charge in [0, 0.05) is 26.1 Å². The van der Waals surface area contributed by atoms with E-state index in [0.29, 0.717) is 37.3 Å². The van der Waals surface area contributed by atoms with Crippen molar-refractivity contribution in [3.8, 4) is 0 Å². The lowest BCUT2D eigenvalue weighted by molar-refractivity contribution is -0.138. The molecule has 2 aliphatic rings. The number of hydrogen-bond acceptors (Lipinski definition) is 3. The number of hydrogen-bond donors (Lipinski definition) is 0. The maximum absolute atomic E-state index is 14.6. The van der Waals surface area contributed by atoms with Crippen LogP contribution in [0.3, 0.4) is 0 Å². The number of alkyl halides is 5. The molecule has 2 aliphatic heterocycles. The minimum absolute atomic E-state index is 0.118. The third-order valence-electron chi connectivity index (χ3n) is 7.86. The molecule has 0 N–H and O–H groups in total. The van der Waals surface area contributed by atoms with Crippen LogP contribution in [0.25, 0.3) is 0 Å². The Morgan fingerprint density at radius 3 is 2.32 bits per heavy atom. The maximum atomic E-state index is 14.6. The van der Waals surface area contributed by atoms with E-state index in [1.165, 1.54) is 35.4 Å². The maximum Gasteiger partial charge on any atom is 0.416 e. The highest BCUT2D eigenvalue weighted by Crippen LogP contribution is 2.42. The zero-order chi connectivity index (χ0) is 29.7. The van der Waals surface area contributed by atoms with E-state index in [0.717, 1.165) is 23.2 Å². The summed E-state index contributed by atoms with van der Waals surface area (Å²) >= 11 is 0. The first kappa shape index (κ1) is 28.8. The molecule has 0 bridgehead atoms. The highest BCUT2D eigenvalue weighted by molar-refractivity contribution is 5.95. The molecule has 0 aliphatic carbocycles. The van der Waals surface area contributed by atoms with Gasteiger partial charge in [-0.3, -0.25) is 9.58 Å². The van der Waals surface area contributed by atoms with E-state index in [2.05, 4.69) is 5.10 Å². The van der Waals surface area contributed by atoms with Crippen molar-refractivity contribution in [1.82, 2.24) is 14.7 Å². The van der Waals surface area contributed by atoms with Gasteiger partial charge in [0.1, 0.15) is 12.4 Å². The van der Waals surface area contributed by atoms with E-state index in [9.17, 15) is 31.1 Å². The molecule has 6 nitrogen and oxygen atoms in total. The van der Waals surface area contributed by atoms with Gasteiger partial charge in [0.05, 0.1) is 41.4 Å². The van der Waals surface area contributed by atoms with Crippen molar-refractivity contribution in [1.29, 1.82) is 0 Å². The Bertz CT molecular complexity index is 1400. The number of aryl methyl sites for hydroxylation is 1. The molecular weight excluding hydrogens is 548 g/mol. The SMILES string of the molecule is Cc1cccc(F)c1N1CCC(N2C(=O)N(Cc3ccccc3C(F)(F)F)c3cnn(CC(C)(F)F)c3[C@@H]2C)CC1. The summed E-state index contributed by atoms with van der Waals surface area (Å²) in [6.07, 6.45) is -2.45. The van der Waals surface area contributed by atoms with Crippen LogP contribution in [-0.2, 0) is 19.3 Å². The van der Waals surface area contributed by atoms with Crippen LogP contribution in [0.2, 0.25) is 0 Å². The largest absolute Gasteiger partial charge is 0.416 e. The van der Waals surface area contributed by atoms with Crippen LogP contribution in [0.4, 0.5) is 42.5 Å². The molecule has 1 saturated heterocycles. The highest BCUT2D eigenvalue weighted by atomic mass is 19.4. The number of fused-ring (bicyclic) bond motifs is 1. The number of halogens is 6. The van der Waals surface area contributed by atoms with Crippen LogP contribution in [0.5, 0.6) is 0 Å². The molecule has 2 aromatic carbocycles. The quantitative estimate of drug-likeness (QED) is 0.291. The predicted molar refractivity (Wildman–Crippen MR) is 142 cm³/mol. The van der Waals surface area contributed by atoms with Gasteiger partial charge >= 0.3 is 12.2 Å². The van der Waals surface area contributed by atoms with Crippen molar-refractivity contribution in [2.45, 2.75) is 70.9 Å². The highest BCUT2D eigenvalue weighted by Gasteiger charge is 2.44. The Morgan fingerprint density at radius 1 is 1.00 bits per heavy atom. The Kier molecular flexibility index (Phi) is 7.46. The summed E-state index contributed by atoms with van der Waals surface area (Å²) in [7, 11) is 0. The number of aromatic nitrogens is 2. The smallest absolute Gasteiger partial charge is 0.369 e. The first-order chi connectivity index (χ1) is 19.3. The van der Waals surface area contributed by atoms with E-state index in [-0.39, 0.29) is 23.1 Å². The molecule has 0 radical (unpaired) electrons. The molecule has 41 heavy (non-hydrogen) atoms. The number of urea groups is 1. The number of benzene rings is 2. The molecule has 1 atom stereocenters. The van der Waals surface area contributed by atoms with Crippen molar-refractivity contribution in [3.05, 3.63) is 76.9 Å². The number of rotatable bonds is 6. The van der Waals surface area contributed by atoms with Crippen molar-refractivity contribution in [2.75, 3.05) is 22.9 Å². The van der Waals surface area contributed by atoms with Crippen molar-refractivity contribution >= 4 is 17.4 Å². The van der Waals surface area contributed by atoms with Crippen LogP contribution >= 0.6 is 0 Å². The van der Waals surface area contributed by atoms with Crippen LogP contribution < -0.4 is 9.80 Å². The van der Waals surface area contributed by atoms with Gasteiger partial charge in [-0.1, -0.05) is 30.3 Å². The van der Waals surface area contributed by atoms with E-state index < -0.39 is 42.8 Å². The van der Waals surface area contributed by atoms with Gasteiger partial charge in [0.2, 0.25) is 0 Å². The lowest BCUT2D eigenvalue weighted by Crippen LogP contribution is -2.55.